The van der Waals surface area contributed by atoms with Crippen molar-refractivity contribution in [2.45, 2.75) is 52.2 Å². The Morgan fingerprint density at radius 1 is 0.929 bits per heavy atom. The van der Waals surface area contributed by atoms with Crippen LogP contribution in [-0.2, 0) is 22.6 Å². The van der Waals surface area contributed by atoms with Gasteiger partial charge in [0, 0.05) is 12.1 Å². The molecule has 28 heavy (non-hydrogen) atoms. The summed E-state index contributed by atoms with van der Waals surface area (Å²) in [4.78, 5) is 27.0. The zero-order valence-electron chi connectivity index (χ0n) is 16.6. The highest BCUT2D eigenvalue weighted by atomic mass is 19.1. The molecule has 1 unspecified atom stereocenters. The van der Waals surface area contributed by atoms with Crippen LogP contribution in [0, 0.1) is 11.6 Å². The van der Waals surface area contributed by atoms with E-state index in [1.165, 1.54) is 29.2 Å². The summed E-state index contributed by atoms with van der Waals surface area (Å²) in [5.41, 5.74) is 0.926. The van der Waals surface area contributed by atoms with E-state index in [0.29, 0.717) is 11.1 Å². The molecule has 2 aromatic rings. The van der Waals surface area contributed by atoms with Gasteiger partial charge in [0.15, 0.2) is 0 Å². The number of rotatable bonds is 6. The quantitative estimate of drug-likeness (QED) is 0.817. The number of hydrogen-bond donors (Lipinski definition) is 1. The van der Waals surface area contributed by atoms with Crippen molar-refractivity contribution >= 4 is 11.8 Å². The predicted octanol–water partition coefficient (Wildman–Crippen LogP) is 3.84. The molecule has 0 saturated heterocycles. The Morgan fingerprint density at radius 2 is 1.39 bits per heavy atom. The van der Waals surface area contributed by atoms with Crippen LogP contribution in [-0.4, -0.2) is 28.3 Å². The number of halogens is 2. The first-order chi connectivity index (χ1) is 13.0. The molecule has 4 nitrogen and oxygen atoms in total. The highest BCUT2D eigenvalue weighted by molar-refractivity contribution is 5.88. The second kappa shape index (κ2) is 8.95. The van der Waals surface area contributed by atoms with Gasteiger partial charge in [-0.15, -0.1) is 0 Å². The number of amides is 2. The summed E-state index contributed by atoms with van der Waals surface area (Å²) in [6, 6.07) is 10.8. The second-order valence-electron chi connectivity index (χ2n) is 7.87. The summed E-state index contributed by atoms with van der Waals surface area (Å²) < 4.78 is 26.3. The first-order valence-electron chi connectivity index (χ1n) is 9.15. The van der Waals surface area contributed by atoms with E-state index in [-0.39, 0.29) is 36.4 Å². The fourth-order valence-electron chi connectivity index (χ4n) is 2.72. The van der Waals surface area contributed by atoms with Crippen molar-refractivity contribution in [2.24, 2.45) is 0 Å². The third-order valence-electron chi connectivity index (χ3n) is 4.20. The first-order valence-corrected chi connectivity index (χ1v) is 9.15. The van der Waals surface area contributed by atoms with E-state index in [2.05, 4.69) is 5.32 Å². The average molecular weight is 388 g/mol. The van der Waals surface area contributed by atoms with Gasteiger partial charge in [-0.3, -0.25) is 9.59 Å². The van der Waals surface area contributed by atoms with Gasteiger partial charge in [0.2, 0.25) is 11.8 Å². The molecule has 0 heterocycles. The summed E-state index contributed by atoms with van der Waals surface area (Å²) in [5, 5.41) is 2.88. The number of benzene rings is 2. The summed E-state index contributed by atoms with van der Waals surface area (Å²) >= 11 is 0. The van der Waals surface area contributed by atoms with E-state index in [1.54, 1.807) is 31.2 Å². The first kappa shape index (κ1) is 21.5. The third kappa shape index (κ3) is 6.44. The van der Waals surface area contributed by atoms with Gasteiger partial charge in [0.25, 0.3) is 0 Å². The molecule has 6 heteroatoms. The van der Waals surface area contributed by atoms with Gasteiger partial charge in [0.1, 0.15) is 17.7 Å². The number of hydrogen-bond acceptors (Lipinski definition) is 2. The molecule has 0 fully saturated rings. The summed E-state index contributed by atoms with van der Waals surface area (Å²) in [7, 11) is 0. The maximum Gasteiger partial charge on any atom is 0.242 e. The molecule has 150 valence electrons. The Kier molecular flexibility index (Phi) is 6.89. The molecule has 0 aliphatic heterocycles. The largest absolute Gasteiger partial charge is 0.350 e. The normalized spacial score (nSPS) is 12.4. The molecule has 2 rings (SSSR count). The van der Waals surface area contributed by atoms with Gasteiger partial charge in [-0.25, -0.2) is 8.78 Å². The van der Waals surface area contributed by atoms with Crippen molar-refractivity contribution in [3.8, 4) is 0 Å². The second-order valence-corrected chi connectivity index (χ2v) is 7.87. The van der Waals surface area contributed by atoms with Gasteiger partial charge in [-0.1, -0.05) is 24.3 Å². The molecule has 0 saturated carbocycles. The lowest BCUT2D eigenvalue weighted by molar-refractivity contribution is -0.140. The summed E-state index contributed by atoms with van der Waals surface area (Å²) in [6.45, 7) is 7.42. The molecule has 0 radical (unpaired) electrons. The Bertz CT molecular complexity index is 812. The Labute approximate surface area is 164 Å². The predicted molar refractivity (Wildman–Crippen MR) is 104 cm³/mol. The van der Waals surface area contributed by atoms with E-state index in [1.807, 2.05) is 20.8 Å². The maximum atomic E-state index is 13.2. The van der Waals surface area contributed by atoms with Crippen molar-refractivity contribution in [2.75, 3.05) is 0 Å². The molecular formula is C22H26F2N2O2. The number of nitrogens with zero attached hydrogens (tertiary/aromatic N) is 1. The van der Waals surface area contributed by atoms with Crippen LogP contribution in [0.4, 0.5) is 8.78 Å². The van der Waals surface area contributed by atoms with Crippen LogP contribution in [0.25, 0.3) is 0 Å². The fraction of sp³-hybridized carbons (Fsp3) is 0.364. The smallest absolute Gasteiger partial charge is 0.242 e. The molecule has 1 N–H and O–H groups in total. The molecular weight excluding hydrogens is 362 g/mol. The van der Waals surface area contributed by atoms with E-state index in [4.69, 9.17) is 0 Å². The van der Waals surface area contributed by atoms with Crippen LogP contribution < -0.4 is 5.32 Å². The van der Waals surface area contributed by atoms with E-state index < -0.39 is 11.6 Å². The number of carbonyl (C=O) groups excluding carboxylic acids is 2. The number of nitrogens with one attached hydrogen (secondary N) is 1. The lowest BCUT2D eigenvalue weighted by atomic mass is 10.1. The Morgan fingerprint density at radius 3 is 1.86 bits per heavy atom. The highest BCUT2D eigenvalue weighted by Crippen LogP contribution is 2.14. The molecule has 0 aliphatic carbocycles. The lowest BCUT2D eigenvalue weighted by Crippen LogP contribution is -2.52. The van der Waals surface area contributed by atoms with Crippen LogP contribution in [0.1, 0.15) is 38.8 Å². The molecule has 0 spiro atoms. The monoisotopic (exact) mass is 388 g/mol. The molecule has 0 aliphatic rings. The fourth-order valence-corrected chi connectivity index (χ4v) is 2.72. The van der Waals surface area contributed by atoms with Crippen LogP contribution in [0.5, 0.6) is 0 Å². The zero-order valence-corrected chi connectivity index (χ0v) is 16.6. The lowest BCUT2D eigenvalue weighted by Gasteiger charge is -2.31. The SMILES string of the molecule is CC(C(=O)NC(C)(C)C)N(Cc1ccc(F)cc1)C(=O)Cc1ccc(F)cc1. The standard InChI is InChI=1S/C22H26F2N2O2/c1-15(21(28)25-22(2,3)4)26(14-17-7-11-19(24)12-8-17)20(27)13-16-5-9-18(23)10-6-16/h5-12,15H,13-14H2,1-4H3,(H,25,28). The molecule has 0 bridgehead atoms. The molecule has 2 aromatic carbocycles. The van der Waals surface area contributed by atoms with E-state index in [0.717, 1.165) is 0 Å². The topological polar surface area (TPSA) is 49.4 Å². The van der Waals surface area contributed by atoms with Crippen LogP contribution in [0.2, 0.25) is 0 Å². The van der Waals surface area contributed by atoms with Crippen molar-refractivity contribution in [1.82, 2.24) is 10.2 Å². The van der Waals surface area contributed by atoms with Crippen molar-refractivity contribution in [3.05, 3.63) is 71.3 Å². The molecule has 1 atom stereocenters. The van der Waals surface area contributed by atoms with Gasteiger partial charge < -0.3 is 10.2 Å². The minimum atomic E-state index is -0.725. The van der Waals surface area contributed by atoms with Crippen molar-refractivity contribution in [1.29, 1.82) is 0 Å². The van der Waals surface area contributed by atoms with Crippen LogP contribution in [0.15, 0.2) is 48.5 Å². The highest BCUT2D eigenvalue weighted by Gasteiger charge is 2.28. The number of carbonyl (C=O) groups is 2. The van der Waals surface area contributed by atoms with Gasteiger partial charge in [-0.2, -0.15) is 0 Å². The summed E-state index contributed by atoms with van der Waals surface area (Å²) in [6.07, 6.45) is 0.0363. The molecule has 2 amide bonds. The van der Waals surface area contributed by atoms with Gasteiger partial charge in [0.05, 0.1) is 6.42 Å². The zero-order chi connectivity index (χ0) is 20.9. The minimum Gasteiger partial charge on any atom is -0.350 e. The van der Waals surface area contributed by atoms with E-state index >= 15 is 0 Å². The summed E-state index contributed by atoms with van der Waals surface area (Å²) in [5.74, 6) is -1.29. The van der Waals surface area contributed by atoms with Crippen molar-refractivity contribution in [3.63, 3.8) is 0 Å². The van der Waals surface area contributed by atoms with Gasteiger partial charge >= 0.3 is 0 Å². The Hall–Kier alpha value is -2.76. The van der Waals surface area contributed by atoms with Crippen LogP contribution in [0.3, 0.4) is 0 Å². The molecule has 0 aromatic heterocycles. The Balaban J connectivity index is 2.23. The maximum absolute atomic E-state index is 13.2. The third-order valence-corrected chi connectivity index (χ3v) is 4.20. The van der Waals surface area contributed by atoms with Crippen molar-refractivity contribution < 1.29 is 18.4 Å². The minimum absolute atomic E-state index is 0.0363. The van der Waals surface area contributed by atoms with Gasteiger partial charge in [-0.05, 0) is 63.1 Å². The van der Waals surface area contributed by atoms with E-state index in [9.17, 15) is 18.4 Å². The average Bonchev–Trinajstić information content (AvgIpc) is 2.61. The van der Waals surface area contributed by atoms with Crippen LogP contribution >= 0.6 is 0 Å².